The number of methoxy groups -OCH3 is 1. The molecule has 0 spiro atoms. The zero-order valence-corrected chi connectivity index (χ0v) is 20.3. The normalized spacial score (nSPS) is 28.8. The minimum atomic E-state index is -2.16. The molecule has 0 radical (unpaired) electrons. The van der Waals surface area contributed by atoms with Crippen molar-refractivity contribution in [1.29, 1.82) is 5.26 Å². The molecule has 0 amide bonds. The lowest BCUT2D eigenvalue weighted by atomic mass is 9.83. The Morgan fingerprint density at radius 3 is 2.55 bits per heavy atom. The largest absolute Gasteiger partial charge is 0.466 e. The van der Waals surface area contributed by atoms with E-state index < -0.39 is 32.4 Å². The van der Waals surface area contributed by atoms with Gasteiger partial charge in [-0.3, -0.25) is 4.84 Å². The summed E-state index contributed by atoms with van der Waals surface area (Å²) in [5.74, 6) is 0.474. The van der Waals surface area contributed by atoms with Gasteiger partial charge in [0.25, 0.3) is 0 Å². The standard InChI is InChI=1S/C23H34N2O5Si/c1-22(2,3)31(5,6)30-18-13-19(26)23(25-28-15-16-10-8-7-9-11-16)20(27-4)12-17(14-24)21(18)29-23/h7-11,18-20,25-26H,12-13,15H2,1-6H3/t18-,19-,20+,23?/m0/s1. The highest BCUT2D eigenvalue weighted by Gasteiger charge is 2.58. The van der Waals surface area contributed by atoms with Gasteiger partial charge in [-0.1, -0.05) is 51.1 Å². The topological polar surface area (TPSA) is 93.0 Å². The van der Waals surface area contributed by atoms with Crippen LogP contribution in [0, 0.1) is 11.3 Å². The van der Waals surface area contributed by atoms with E-state index in [0.717, 1.165) is 5.56 Å². The molecule has 3 rings (SSSR count). The average Bonchev–Trinajstić information content (AvgIpc) is 2.71. The zero-order valence-electron chi connectivity index (χ0n) is 19.3. The molecule has 2 N–H and O–H groups in total. The Kier molecular flexibility index (Phi) is 6.96. The lowest BCUT2D eigenvalue weighted by Crippen LogP contribution is -2.69. The van der Waals surface area contributed by atoms with Crippen molar-refractivity contribution in [3.63, 3.8) is 0 Å². The van der Waals surface area contributed by atoms with E-state index in [1.54, 1.807) is 7.11 Å². The molecule has 8 heteroatoms. The first-order valence-electron chi connectivity index (χ1n) is 10.7. The second-order valence-electron chi connectivity index (χ2n) is 9.77. The number of hydrogen-bond donors (Lipinski definition) is 2. The van der Waals surface area contributed by atoms with E-state index in [9.17, 15) is 10.4 Å². The van der Waals surface area contributed by atoms with E-state index in [4.69, 9.17) is 18.7 Å². The molecule has 170 valence electrons. The first kappa shape index (κ1) is 23.9. The maximum Gasteiger partial charge on any atom is 0.234 e. The molecule has 2 aliphatic heterocycles. The van der Waals surface area contributed by atoms with Crippen LogP contribution in [-0.4, -0.2) is 44.6 Å². The number of nitriles is 1. The molecular formula is C23H34N2O5Si. The van der Waals surface area contributed by atoms with E-state index in [1.807, 2.05) is 30.3 Å². The number of rotatable bonds is 7. The SMILES string of the molecule is CO[C@@H]1CC(C#N)=C2OC1(NOCc1ccccc1)[C@@H](O)C[C@@H]2O[Si](C)(C)C(C)(C)C. The van der Waals surface area contributed by atoms with Crippen LogP contribution in [-0.2, 0) is 25.3 Å². The monoisotopic (exact) mass is 446 g/mol. The smallest absolute Gasteiger partial charge is 0.234 e. The van der Waals surface area contributed by atoms with Crippen LogP contribution in [0.5, 0.6) is 0 Å². The molecule has 31 heavy (non-hydrogen) atoms. The van der Waals surface area contributed by atoms with Gasteiger partial charge in [-0.05, 0) is 23.7 Å². The van der Waals surface area contributed by atoms with Crippen molar-refractivity contribution in [2.24, 2.45) is 0 Å². The van der Waals surface area contributed by atoms with Crippen molar-refractivity contribution in [2.75, 3.05) is 7.11 Å². The Labute approximate surface area is 186 Å². The van der Waals surface area contributed by atoms with Gasteiger partial charge in [-0.15, -0.1) is 0 Å². The number of benzene rings is 1. The van der Waals surface area contributed by atoms with E-state index in [-0.39, 0.29) is 11.5 Å². The highest BCUT2D eigenvalue weighted by Crippen LogP contribution is 2.46. The van der Waals surface area contributed by atoms with E-state index >= 15 is 0 Å². The van der Waals surface area contributed by atoms with Crippen LogP contribution in [0.15, 0.2) is 41.7 Å². The number of ether oxygens (including phenoxy) is 2. The molecule has 1 aromatic carbocycles. The van der Waals surface area contributed by atoms with Crippen LogP contribution >= 0.6 is 0 Å². The molecular weight excluding hydrogens is 412 g/mol. The number of nitrogens with one attached hydrogen (secondary N) is 1. The predicted octanol–water partition coefficient (Wildman–Crippen LogP) is 3.77. The number of nitrogens with zero attached hydrogens (tertiary/aromatic N) is 1. The van der Waals surface area contributed by atoms with E-state index in [2.05, 4.69) is 45.4 Å². The van der Waals surface area contributed by atoms with Crippen LogP contribution in [0.2, 0.25) is 18.1 Å². The lowest BCUT2D eigenvalue weighted by Gasteiger charge is -2.52. The van der Waals surface area contributed by atoms with Gasteiger partial charge < -0.3 is 19.0 Å². The Bertz CT molecular complexity index is 846. The van der Waals surface area contributed by atoms with Gasteiger partial charge >= 0.3 is 0 Å². The van der Waals surface area contributed by atoms with Gasteiger partial charge in [0.1, 0.15) is 24.1 Å². The van der Waals surface area contributed by atoms with Crippen LogP contribution < -0.4 is 5.48 Å². The summed E-state index contributed by atoms with van der Waals surface area (Å²) in [5, 5.41) is 20.9. The number of hydrogen-bond acceptors (Lipinski definition) is 7. The molecule has 1 aromatic rings. The van der Waals surface area contributed by atoms with E-state index in [1.165, 1.54) is 0 Å². The lowest BCUT2D eigenvalue weighted by molar-refractivity contribution is -0.276. The number of fused-ring (bicyclic) bond motifs is 2. The Morgan fingerprint density at radius 2 is 1.97 bits per heavy atom. The van der Waals surface area contributed by atoms with Gasteiger partial charge in [0, 0.05) is 20.0 Å². The third kappa shape index (κ3) is 4.72. The zero-order chi connectivity index (χ0) is 22.9. The highest BCUT2D eigenvalue weighted by molar-refractivity contribution is 6.74. The fourth-order valence-electron chi connectivity index (χ4n) is 3.73. The third-order valence-electron chi connectivity index (χ3n) is 6.64. The van der Waals surface area contributed by atoms with Crippen LogP contribution in [0.3, 0.4) is 0 Å². The van der Waals surface area contributed by atoms with Crippen molar-refractivity contribution in [2.45, 2.75) is 82.4 Å². The van der Waals surface area contributed by atoms with Crippen LogP contribution in [0.1, 0.15) is 39.2 Å². The minimum Gasteiger partial charge on any atom is -0.466 e. The van der Waals surface area contributed by atoms with Gasteiger partial charge in [-0.2, -0.15) is 10.7 Å². The fourth-order valence-corrected chi connectivity index (χ4v) is 5.00. The fraction of sp³-hybridized carbons (Fsp3) is 0.609. The summed E-state index contributed by atoms with van der Waals surface area (Å²) in [6, 6.07) is 12.0. The van der Waals surface area contributed by atoms with Gasteiger partial charge in [0.15, 0.2) is 8.32 Å². The van der Waals surface area contributed by atoms with Gasteiger partial charge in [0.2, 0.25) is 5.72 Å². The van der Waals surface area contributed by atoms with Crippen molar-refractivity contribution >= 4 is 8.32 Å². The molecule has 1 saturated heterocycles. The Balaban J connectivity index is 1.85. The summed E-state index contributed by atoms with van der Waals surface area (Å²) >= 11 is 0. The molecule has 4 atom stereocenters. The van der Waals surface area contributed by atoms with Crippen molar-refractivity contribution in [1.82, 2.24) is 5.48 Å². The Morgan fingerprint density at radius 1 is 1.29 bits per heavy atom. The second kappa shape index (κ2) is 9.02. The third-order valence-corrected chi connectivity index (χ3v) is 11.1. The summed E-state index contributed by atoms with van der Waals surface area (Å²) in [4.78, 5) is 5.74. The minimum absolute atomic E-state index is 0.0133. The molecule has 7 nitrogen and oxygen atoms in total. The number of hydroxylamine groups is 1. The van der Waals surface area contributed by atoms with Gasteiger partial charge in [-0.25, -0.2) is 0 Å². The maximum atomic E-state index is 11.2. The van der Waals surface area contributed by atoms with Crippen molar-refractivity contribution < 1.29 is 23.8 Å². The molecule has 2 heterocycles. The molecule has 1 unspecified atom stereocenters. The van der Waals surface area contributed by atoms with Crippen molar-refractivity contribution in [3.8, 4) is 6.07 Å². The summed E-state index contributed by atoms with van der Waals surface area (Å²) in [7, 11) is -0.616. The quantitative estimate of drug-likeness (QED) is 0.486. The van der Waals surface area contributed by atoms with Crippen LogP contribution in [0.25, 0.3) is 0 Å². The van der Waals surface area contributed by atoms with Gasteiger partial charge in [0.05, 0.1) is 18.2 Å². The summed E-state index contributed by atoms with van der Waals surface area (Å²) in [6.45, 7) is 11.1. The first-order chi connectivity index (χ1) is 14.5. The first-order valence-corrected chi connectivity index (χ1v) is 13.6. The Hall–Kier alpha value is -1.73. The predicted molar refractivity (Wildman–Crippen MR) is 119 cm³/mol. The highest BCUT2D eigenvalue weighted by atomic mass is 28.4. The van der Waals surface area contributed by atoms with Crippen LogP contribution in [0.4, 0.5) is 0 Å². The molecule has 1 fully saturated rings. The van der Waals surface area contributed by atoms with E-state index in [0.29, 0.717) is 24.4 Å². The summed E-state index contributed by atoms with van der Waals surface area (Å²) in [5.41, 5.74) is 3.10. The maximum absolute atomic E-state index is 11.2. The summed E-state index contributed by atoms with van der Waals surface area (Å²) < 4.78 is 18.5. The molecule has 0 aliphatic carbocycles. The molecule has 0 saturated carbocycles. The summed E-state index contributed by atoms with van der Waals surface area (Å²) in [6.07, 6.45) is -1.43. The number of aliphatic hydroxyl groups is 1. The molecule has 2 aliphatic rings. The van der Waals surface area contributed by atoms with Crippen molar-refractivity contribution in [3.05, 3.63) is 47.2 Å². The molecule has 0 aromatic heterocycles. The average molecular weight is 447 g/mol. The number of aliphatic hydroxyl groups excluding tert-OH is 1. The molecule has 2 bridgehead atoms. The second-order valence-corrected chi connectivity index (χ2v) is 14.5.